The number of likely N-dealkylation sites (tertiary alicyclic amines) is 1. The van der Waals surface area contributed by atoms with E-state index in [1.165, 1.54) is 12.1 Å². The summed E-state index contributed by atoms with van der Waals surface area (Å²) in [5.41, 5.74) is -0.656. The quantitative estimate of drug-likeness (QED) is 0.641. The fraction of sp³-hybridized carbons (Fsp3) is 0.619. The minimum Gasteiger partial charge on any atom is -0.449 e. The van der Waals surface area contributed by atoms with Crippen molar-refractivity contribution in [1.82, 2.24) is 4.90 Å². The Morgan fingerprint density at radius 2 is 1.87 bits per heavy atom. The Kier molecular flexibility index (Phi) is 8.27. The summed E-state index contributed by atoms with van der Waals surface area (Å²) in [6.07, 6.45) is 3.12. The number of piperidine rings is 1. The number of nitrogens with zero attached hydrogens (tertiary/aromatic N) is 1. The molecule has 0 unspecified atom stereocenters. The molecule has 0 saturated carbocycles. The van der Waals surface area contributed by atoms with Gasteiger partial charge in [-0.3, -0.25) is 5.32 Å². The number of anilines is 1. The van der Waals surface area contributed by atoms with Crippen molar-refractivity contribution < 1.29 is 31.9 Å². The fourth-order valence-corrected chi connectivity index (χ4v) is 3.87. The molecule has 1 aromatic carbocycles. The van der Waals surface area contributed by atoms with Crippen molar-refractivity contribution in [2.45, 2.75) is 57.0 Å². The van der Waals surface area contributed by atoms with E-state index in [2.05, 4.69) is 5.32 Å². The summed E-state index contributed by atoms with van der Waals surface area (Å²) in [6, 6.07) is 3.26. The van der Waals surface area contributed by atoms with Crippen LogP contribution in [0.2, 0.25) is 0 Å². The molecular formula is C21H31FN2O6S. The maximum Gasteiger partial charge on any atom is 0.411 e. The van der Waals surface area contributed by atoms with Crippen LogP contribution in [0.25, 0.3) is 0 Å². The average Bonchev–Trinajstić information content (AvgIpc) is 2.65. The zero-order chi connectivity index (χ0) is 23.2. The molecule has 8 nitrogen and oxygen atoms in total. The standard InChI is InChI=1S/C21H31FN2O6S/c1-21(2,3)30-20(26)24-11-9-15(10-12-24)6-5-13-29-19(25)23-18-8-7-16(14-17(18)22)31(4,27)28/h7-8,14-15H,5-6,9-13H2,1-4H3,(H,23,25). The van der Waals surface area contributed by atoms with Crippen LogP contribution in [0.3, 0.4) is 0 Å². The van der Waals surface area contributed by atoms with E-state index in [0.29, 0.717) is 25.4 Å². The summed E-state index contributed by atoms with van der Waals surface area (Å²) in [5.74, 6) is -0.414. The van der Waals surface area contributed by atoms with Crippen LogP contribution < -0.4 is 5.32 Å². The molecule has 31 heavy (non-hydrogen) atoms. The molecule has 10 heteroatoms. The van der Waals surface area contributed by atoms with Crippen LogP contribution in [0.5, 0.6) is 0 Å². The fourth-order valence-electron chi connectivity index (χ4n) is 3.24. The lowest BCUT2D eigenvalue weighted by Gasteiger charge is -2.33. The molecule has 174 valence electrons. The van der Waals surface area contributed by atoms with E-state index >= 15 is 0 Å². The van der Waals surface area contributed by atoms with E-state index in [4.69, 9.17) is 9.47 Å². The van der Waals surface area contributed by atoms with Gasteiger partial charge in [-0.05, 0) is 70.6 Å². The molecule has 1 fully saturated rings. The van der Waals surface area contributed by atoms with Crippen LogP contribution in [-0.4, -0.2) is 57.1 Å². The van der Waals surface area contributed by atoms with Gasteiger partial charge in [0, 0.05) is 19.3 Å². The van der Waals surface area contributed by atoms with Crippen LogP contribution in [0.4, 0.5) is 19.7 Å². The average molecular weight is 459 g/mol. The lowest BCUT2D eigenvalue weighted by Crippen LogP contribution is -2.41. The number of benzene rings is 1. The second-order valence-electron chi connectivity index (χ2n) is 8.73. The molecule has 1 aromatic rings. The molecule has 1 aliphatic heterocycles. The van der Waals surface area contributed by atoms with Gasteiger partial charge in [-0.25, -0.2) is 22.4 Å². The highest BCUT2D eigenvalue weighted by Crippen LogP contribution is 2.23. The van der Waals surface area contributed by atoms with E-state index in [1.54, 1.807) is 4.90 Å². The van der Waals surface area contributed by atoms with Gasteiger partial charge in [0.05, 0.1) is 17.2 Å². The molecule has 1 aliphatic rings. The molecular weight excluding hydrogens is 427 g/mol. The number of sulfone groups is 1. The van der Waals surface area contributed by atoms with Gasteiger partial charge in [0.15, 0.2) is 9.84 Å². The third-order valence-corrected chi connectivity index (χ3v) is 5.97. The predicted octanol–water partition coefficient (Wildman–Crippen LogP) is 4.21. The lowest BCUT2D eigenvalue weighted by atomic mass is 9.92. The first-order valence-corrected chi connectivity index (χ1v) is 12.2. The van der Waals surface area contributed by atoms with Crippen molar-refractivity contribution >= 4 is 27.7 Å². The molecule has 1 N–H and O–H groups in total. The summed E-state index contributed by atoms with van der Waals surface area (Å²) in [5, 5.41) is 2.28. The first-order valence-electron chi connectivity index (χ1n) is 10.3. The van der Waals surface area contributed by atoms with E-state index in [0.717, 1.165) is 31.6 Å². The number of rotatable bonds is 6. The normalized spacial score (nSPS) is 15.5. The van der Waals surface area contributed by atoms with Crippen molar-refractivity contribution in [2.75, 3.05) is 31.3 Å². The Hall–Kier alpha value is -2.36. The number of amides is 2. The van der Waals surface area contributed by atoms with Crippen LogP contribution in [0, 0.1) is 11.7 Å². The molecule has 2 rings (SSSR count). The minimum absolute atomic E-state index is 0.146. The number of halogens is 1. The zero-order valence-electron chi connectivity index (χ0n) is 18.4. The van der Waals surface area contributed by atoms with Crippen molar-refractivity contribution in [3.05, 3.63) is 24.0 Å². The van der Waals surface area contributed by atoms with Gasteiger partial charge in [0.25, 0.3) is 0 Å². The Bertz CT molecular complexity index is 890. The predicted molar refractivity (Wildman–Crippen MR) is 114 cm³/mol. The highest BCUT2D eigenvalue weighted by molar-refractivity contribution is 7.90. The number of hydrogen-bond donors (Lipinski definition) is 1. The number of hydrogen-bond acceptors (Lipinski definition) is 6. The highest BCUT2D eigenvalue weighted by atomic mass is 32.2. The second-order valence-corrected chi connectivity index (χ2v) is 10.7. The molecule has 0 spiro atoms. The van der Waals surface area contributed by atoms with Gasteiger partial charge < -0.3 is 14.4 Å². The molecule has 1 saturated heterocycles. The summed E-state index contributed by atoms with van der Waals surface area (Å²) in [7, 11) is -3.53. The second kappa shape index (κ2) is 10.3. The number of ether oxygens (including phenoxy) is 2. The minimum atomic E-state index is -3.53. The zero-order valence-corrected chi connectivity index (χ0v) is 19.3. The van der Waals surface area contributed by atoms with E-state index in [-0.39, 0.29) is 23.3 Å². The summed E-state index contributed by atoms with van der Waals surface area (Å²) >= 11 is 0. The topological polar surface area (TPSA) is 102 Å². The van der Waals surface area contributed by atoms with Crippen LogP contribution in [0.1, 0.15) is 46.5 Å². The van der Waals surface area contributed by atoms with E-state index < -0.39 is 27.3 Å². The van der Waals surface area contributed by atoms with E-state index in [9.17, 15) is 22.4 Å². The molecule has 2 amide bonds. The van der Waals surface area contributed by atoms with Gasteiger partial charge in [-0.15, -0.1) is 0 Å². The van der Waals surface area contributed by atoms with Crippen LogP contribution in [0.15, 0.2) is 23.1 Å². The summed E-state index contributed by atoms with van der Waals surface area (Å²) < 4.78 is 47.3. The van der Waals surface area contributed by atoms with Crippen molar-refractivity contribution in [2.24, 2.45) is 5.92 Å². The Labute approximate surface area is 183 Å². The monoisotopic (exact) mass is 458 g/mol. The third-order valence-electron chi connectivity index (χ3n) is 4.86. The van der Waals surface area contributed by atoms with Crippen molar-refractivity contribution in [3.63, 3.8) is 0 Å². The Balaban J connectivity index is 1.67. The SMILES string of the molecule is CC(C)(C)OC(=O)N1CCC(CCCOC(=O)Nc2ccc(S(C)(=O)=O)cc2F)CC1. The molecule has 0 radical (unpaired) electrons. The van der Waals surface area contributed by atoms with Gasteiger partial charge >= 0.3 is 12.2 Å². The first-order chi connectivity index (χ1) is 14.3. The number of carbonyl (C=O) groups excluding carboxylic acids is 2. The molecule has 0 aromatic heterocycles. The number of nitrogens with one attached hydrogen (secondary N) is 1. The van der Waals surface area contributed by atoms with Crippen LogP contribution >= 0.6 is 0 Å². The third kappa shape index (κ3) is 8.35. The molecule has 0 atom stereocenters. The molecule has 0 aliphatic carbocycles. The van der Waals surface area contributed by atoms with E-state index in [1.807, 2.05) is 20.8 Å². The van der Waals surface area contributed by atoms with Crippen molar-refractivity contribution in [3.8, 4) is 0 Å². The largest absolute Gasteiger partial charge is 0.449 e. The Morgan fingerprint density at radius 1 is 1.23 bits per heavy atom. The molecule has 0 bridgehead atoms. The van der Waals surface area contributed by atoms with Gasteiger partial charge in [0.1, 0.15) is 11.4 Å². The summed E-state index contributed by atoms with van der Waals surface area (Å²) in [6.45, 7) is 6.99. The van der Waals surface area contributed by atoms with Crippen LogP contribution in [-0.2, 0) is 19.3 Å². The van der Waals surface area contributed by atoms with Gasteiger partial charge in [0.2, 0.25) is 0 Å². The Morgan fingerprint density at radius 3 is 2.42 bits per heavy atom. The highest BCUT2D eigenvalue weighted by Gasteiger charge is 2.26. The van der Waals surface area contributed by atoms with Crippen molar-refractivity contribution in [1.29, 1.82) is 0 Å². The maximum atomic E-state index is 14.0. The maximum absolute atomic E-state index is 14.0. The van der Waals surface area contributed by atoms with Gasteiger partial charge in [-0.1, -0.05) is 0 Å². The number of carbonyl (C=O) groups is 2. The first kappa shape index (κ1) is 24.9. The summed E-state index contributed by atoms with van der Waals surface area (Å²) in [4.78, 5) is 25.5. The molecule has 1 heterocycles. The van der Waals surface area contributed by atoms with Gasteiger partial charge in [-0.2, -0.15) is 0 Å². The smallest absolute Gasteiger partial charge is 0.411 e. The lowest BCUT2D eigenvalue weighted by molar-refractivity contribution is 0.0178.